The van der Waals surface area contributed by atoms with Crippen LogP contribution < -0.4 is 15.7 Å². The molecular formula is C24H21ClIN8OP. The number of carbonyl (C=O) groups is 1. The fourth-order valence-corrected chi connectivity index (χ4v) is 5.01. The zero-order valence-corrected chi connectivity index (χ0v) is 22.8. The van der Waals surface area contributed by atoms with E-state index in [4.69, 9.17) is 27.5 Å². The highest BCUT2D eigenvalue weighted by Crippen LogP contribution is 2.36. The van der Waals surface area contributed by atoms with Crippen LogP contribution in [0.2, 0.25) is 5.02 Å². The van der Waals surface area contributed by atoms with Crippen molar-refractivity contribution in [2.45, 2.75) is 6.92 Å². The second kappa shape index (κ2) is 11.6. The topological polar surface area (TPSA) is 132 Å². The molecule has 12 heteroatoms. The molecular weight excluding hydrogens is 610 g/mol. The molecule has 0 fully saturated rings. The van der Waals surface area contributed by atoms with Crippen molar-refractivity contribution in [3.63, 3.8) is 0 Å². The third-order valence-corrected chi connectivity index (χ3v) is 6.86. The summed E-state index contributed by atoms with van der Waals surface area (Å²) in [7, 11) is 0. The van der Waals surface area contributed by atoms with Gasteiger partial charge in [-0.25, -0.2) is 4.68 Å². The highest BCUT2D eigenvalue weighted by Gasteiger charge is 2.17. The fourth-order valence-electron chi connectivity index (χ4n) is 3.55. The van der Waals surface area contributed by atoms with Gasteiger partial charge in [0.15, 0.2) is 5.82 Å². The summed E-state index contributed by atoms with van der Waals surface area (Å²) in [5, 5.41) is 29.6. The summed E-state index contributed by atoms with van der Waals surface area (Å²) < 4.78 is 1.73. The number of pyridine rings is 1. The molecule has 2 aromatic carbocycles. The molecule has 9 nitrogen and oxygen atoms in total. The molecule has 4 rings (SSSR count). The number of hydrogen-bond acceptors (Lipinski definition) is 7. The van der Waals surface area contributed by atoms with Crippen LogP contribution in [0.3, 0.4) is 0 Å². The molecule has 4 aromatic rings. The molecule has 0 saturated heterocycles. The number of amides is 1. The minimum atomic E-state index is -0.364. The molecule has 1 unspecified atom stereocenters. The largest absolute Gasteiger partial charge is 0.358 e. The first-order valence-electron chi connectivity index (χ1n) is 10.6. The smallest absolute Gasteiger partial charge is 0.256 e. The molecule has 182 valence electrons. The van der Waals surface area contributed by atoms with Crippen LogP contribution in [0.5, 0.6) is 0 Å². The van der Waals surface area contributed by atoms with Crippen molar-refractivity contribution in [2.75, 3.05) is 15.7 Å². The molecule has 0 bridgehead atoms. The van der Waals surface area contributed by atoms with Gasteiger partial charge in [0.1, 0.15) is 5.52 Å². The minimum Gasteiger partial charge on any atom is -0.358 e. The zero-order valence-electron chi connectivity index (χ0n) is 18.9. The minimum absolute atomic E-state index is 0.266. The fraction of sp³-hybridized carbons (Fsp3) is 0.0417. The van der Waals surface area contributed by atoms with E-state index in [1.807, 2.05) is 36.4 Å². The number of anilines is 4. The lowest BCUT2D eigenvalue weighted by atomic mass is 10.1. The number of rotatable bonds is 9. The SMILES string of the molecule is C/C=C(\C=N)C(=O)Nc1cccc(-n2nc(Nc3ccc(NPI)c(C=N)c3Cl)c3ncccc32)c1. The Hall–Kier alpha value is -3.34. The van der Waals surface area contributed by atoms with Crippen LogP contribution >= 0.6 is 40.0 Å². The number of fused-ring (bicyclic) bond motifs is 1. The third kappa shape index (κ3) is 5.25. The van der Waals surface area contributed by atoms with Crippen LogP contribution in [0.25, 0.3) is 16.7 Å². The summed E-state index contributed by atoms with van der Waals surface area (Å²) in [6.45, 7) is 1.71. The van der Waals surface area contributed by atoms with E-state index in [9.17, 15) is 4.79 Å². The lowest BCUT2D eigenvalue weighted by molar-refractivity contribution is -0.112. The summed E-state index contributed by atoms with van der Waals surface area (Å²) >= 11 is 8.85. The molecule has 2 aromatic heterocycles. The summed E-state index contributed by atoms with van der Waals surface area (Å²) in [4.78, 5) is 16.9. The maximum atomic E-state index is 12.4. The number of benzene rings is 2. The summed E-state index contributed by atoms with van der Waals surface area (Å²) in [6, 6.07) is 14.7. The van der Waals surface area contributed by atoms with Crippen molar-refractivity contribution in [1.29, 1.82) is 10.8 Å². The van der Waals surface area contributed by atoms with Gasteiger partial charge in [0.05, 0.1) is 27.5 Å². The molecule has 1 atom stereocenters. The monoisotopic (exact) mass is 630 g/mol. The molecule has 0 radical (unpaired) electrons. The van der Waals surface area contributed by atoms with Crippen LogP contribution in [0.4, 0.5) is 22.9 Å². The molecule has 0 aliphatic rings. The Morgan fingerprint density at radius 2 is 1.97 bits per heavy atom. The van der Waals surface area contributed by atoms with E-state index in [0.29, 0.717) is 45.4 Å². The van der Waals surface area contributed by atoms with Crippen molar-refractivity contribution in [2.24, 2.45) is 0 Å². The maximum absolute atomic E-state index is 12.4. The Kier molecular flexibility index (Phi) is 8.29. The highest BCUT2D eigenvalue weighted by molar-refractivity contribution is 14.2. The highest BCUT2D eigenvalue weighted by atomic mass is 127. The van der Waals surface area contributed by atoms with Crippen molar-refractivity contribution in [3.05, 3.63) is 77.0 Å². The van der Waals surface area contributed by atoms with E-state index >= 15 is 0 Å². The number of halogens is 2. The van der Waals surface area contributed by atoms with Crippen molar-refractivity contribution in [3.8, 4) is 5.69 Å². The predicted octanol–water partition coefficient (Wildman–Crippen LogP) is 6.70. The first-order valence-corrected chi connectivity index (χ1v) is 15.1. The Morgan fingerprint density at radius 3 is 2.69 bits per heavy atom. The van der Waals surface area contributed by atoms with Gasteiger partial charge in [-0.05, 0) is 71.4 Å². The van der Waals surface area contributed by atoms with Gasteiger partial charge in [-0.3, -0.25) is 9.78 Å². The molecule has 0 aliphatic heterocycles. The number of carbonyl (C=O) groups excluding carboxylic acids is 1. The van der Waals surface area contributed by atoms with Gasteiger partial charge in [0, 0.05) is 41.9 Å². The van der Waals surface area contributed by atoms with Crippen LogP contribution in [-0.2, 0) is 4.79 Å². The quantitative estimate of drug-likeness (QED) is 0.0608. The molecule has 36 heavy (non-hydrogen) atoms. The van der Waals surface area contributed by atoms with Crippen molar-refractivity contribution < 1.29 is 4.79 Å². The molecule has 0 spiro atoms. The van der Waals surface area contributed by atoms with Crippen molar-refractivity contribution >= 4 is 92.3 Å². The summed E-state index contributed by atoms with van der Waals surface area (Å²) in [5.41, 5.74) is 4.90. The summed E-state index contributed by atoms with van der Waals surface area (Å²) in [6.07, 6.45) is 5.95. The number of nitrogens with one attached hydrogen (secondary N) is 5. The Bertz CT molecular complexity index is 1500. The normalized spacial score (nSPS) is 11.6. The first kappa shape index (κ1) is 25.7. The van der Waals surface area contributed by atoms with Gasteiger partial charge in [0.25, 0.3) is 5.91 Å². The Labute approximate surface area is 227 Å². The van der Waals surface area contributed by atoms with Crippen molar-refractivity contribution in [1.82, 2.24) is 14.8 Å². The van der Waals surface area contributed by atoms with E-state index in [0.717, 1.165) is 17.4 Å². The van der Waals surface area contributed by atoms with Crippen LogP contribution in [0, 0.1) is 10.8 Å². The van der Waals surface area contributed by atoms with E-state index in [1.54, 1.807) is 36.0 Å². The molecule has 5 N–H and O–H groups in total. The number of aromatic nitrogens is 3. The van der Waals surface area contributed by atoms with Gasteiger partial charge in [0.2, 0.25) is 0 Å². The summed E-state index contributed by atoms with van der Waals surface area (Å²) in [5.74, 6) is 0.131. The number of allylic oxidation sites excluding steroid dienone is 1. The predicted molar refractivity (Wildman–Crippen MR) is 159 cm³/mol. The lowest BCUT2D eigenvalue weighted by Crippen LogP contribution is -2.15. The molecule has 0 aliphatic carbocycles. The van der Waals surface area contributed by atoms with Crippen LogP contribution in [0.15, 0.2) is 66.4 Å². The number of hydrogen-bond donors (Lipinski definition) is 5. The third-order valence-electron chi connectivity index (χ3n) is 5.28. The van der Waals surface area contributed by atoms with Crippen LogP contribution in [-0.4, -0.2) is 33.1 Å². The van der Waals surface area contributed by atoms with E-state index in [2.05, 4.69) is 42.7 Å². The van der Waals surface area contributed by atoms with Crippen LogP contribution in [0.1, 0.15) is 12.5 Å². The van der Waals surface area contributed by atoms with E-state index in [1.165, 1.54) is 6.21 Å². The molecule has 2 heterocycles. The second-order valence-corrected chi connectivity index (χ2v) is 9.84. The number of nitrogens with zero attached hydrogens (tertiary/aromatic N) is 3. The standard InChI is InChI=1S/C24H21ClIN8OP/c1-2-14(12-27)24(35)30-15-5-3-6-16(11-15)34-20-7-4-10-29-22(20)23(32-34)31-19-9-8-18(33-36-26)17(13-28)21(19)25/h2-13,27-28,33,36H,1H3,(H,30,35)(H,31,32)/b14-2+,27-12?,28-13?. The Morgan fingerprint density at radius 1 is 1.17 bits per heavy atom. The average Bonchev–Trinajstić information content (AvgIpc) is 3.25. The van der Waals surface area contributed by atoms with E-state index < -0.39 is 0 Å². The Balaban J connectivity index is 1.73. The molecule has 0 saturated carbocycles. The maximum Gasteiger partial charge on any atom is 0.256 e. The zero-order chi connectivity index (χ0) is 25.7. The first-order chi connectivity index (χ1) is 17.5. The lowest BCUT2D eigenvalue weighted by Gasteiger charge is -2.13. The van der Waals surface area contributed by atoms with Gasteiger partial charge in [-0.1, -0.05) is 23.7 Å². The van der Waals surface area contributed by atoms with E-state index in [-0.39, 0.29) is 11.5 Å². The van der Waals surface area contributed by atoms with Gasteiger partial charge in [-0.2, -0.15) is 0 Å². The second-order valence-electron chi connectivity index (χ2n) is 7.40. The van der Waals surface area contributed by atoms with Gasteiger partial charge >= 0.3 is 0 Å². The molecule has 1 amide bonds. The van der Waals surface area contributed by atoms with Gasteiger partial charge < -0.3 is 26.5 Å². The average molecular weight is 631 g/mol. The van der Waals surface area contributed by atoms with Gasteiger partial charge in [-0.15, -0.1) is 5.10 Å².